The van der Waals surface area contributed by atoms with Crippen molar-refractivity contribution < 1.29 is 9.53 Å². The molecule has 1 fully saturated rings. The summed E-state index contributed by atoms with van der Waals surface area (Å²) in [5.41, 5.74) is 7.96. The van der Waals surface area contributed by atoms with Crippen molar-refractivity contribution in [3.05, 3.63) is 101 Å². The van der Waals surface area contributed by atoms with Gasteiger partial charge in [0.25, 0.3) is 0 Å². The Bertz CT molecular complexity index is 1530. The lowest BCUT2D eigenvalue weighted by Crippen LogP contribution is -2.29. The van der Waals surface area contributed by atoms with Crippen LogP contribution in [0.4, 0.5) is 11.4 Å². The Kier molecular flexibility index (Phi) is 7.45. The lowest BCUT2D eigenvalue weighted by molar-refractivity contribution is -0.119. The second kappa shape index (κ2) is 11.0. The summed E-state index contributed by atoms with van der Waals surface area (Å²) in [5.74, 6) is 0.690. The fraction of sp³-hybridized carbons (Fsp3) is 0.267. The predicted molar refractivity (Wildman–Crippen MR) is 157 cm³/mol. The number of aromatic nitrogens is 3. The van der Waals surface area contributed by atoms with Gasteiger partial charge in [-0.2, -0.15) is 0 Å². The first-order chi connectivity index (χ1) is 18.8. The highest BCUT2D eigenvalue weighted by Crippen LogP contribution is 2.44. The quantitative estimate of drug-likeness (QED) is 0.309. The van der Waals surface area contributed by atoms with Crippen LogP contribution in [0, 0.1) is 27.7 Å². The summed E-state index contributed by atoms with van der Waals surface area (Å²) >= 11 is 5.93. The van der Waals surface area contributed by atoms with Gasteiger partial charge in [-0.25, -0.2) is 4.98 Å². The van der Waals surface area contributed by atoms with Crippen LogP contribution in [0.25, 0.3) is 5.82 Å². The topological polar surface area (TPSA) is 84.3 Å². The molecule has 1 aliphatic rings. The van der Waals surface area contributed by atoms with E-state index in [1.165, 1.54) is 7.11 Å². The third-order valence-electron chi connectivity index (χ3n) is 7.05. The first kappa shape index (κ1) is 26.5. The van der Waals surface area contributed by atoms with Crippen LogP contribution < -0.4 is 15.5 Å². The van der Waals surface area contributed by atoms with Crippen molar-refractivity contribution in [3.63, 3.8) is 0 Å². The maximum Gasteiger partial charge on any atom is 0.250 e. The number of hydrogen-bond donors (Lipinski definition) is 2. The highest BCUT2D eigenvalue weighted by atomic mass is 32.1. The summed E-state index contributed by atoms with van der Waals surface area (Å²) in [6.07, 6.45) is 3.65. The van der Waals surface area contributed by atoms with E-state index < -0.39 is 0 Å². The van der Waals surface area contributed by atoms with Crippen molar-refractivity contribution in [2.45, 2.75) is 39.8 Å². The molecule has 8 nitrogen and oxygen atoms in total. The average molecular weight is 541 g/mol. The number of carbonyl (C=O) groups is 1. The highest BCUT2D eigenvalue weighted by molar-refractivity contribution is 7.80. The molecule has 3 aromatic heterocycles. The number of rotatable bonds is 7. The first-order valence-corrected chi connectivity index (χ1v) is 13.2. The Balaban J connectivity index is 1.61. The zero-order valence-electron chi connectivity index (χ0n) is 22.7. The van der Waals surface area contributed by atoms with Crippen LogP contribution in [0.5, 0.6) is 0 Å². The van der Waals surface area contributed by atoms with E-state index in [1.807, 2.05) is 55.6 Å². The van der Waals surface area contributed by atoms with Gasteiger partial charge in [-0.05, 0) is 105 Å². The molecule has 0 aliphatic carbocycles. The van der Waals surface area contributed by atoms with Crippen molar-refractivity contribution >= 4 is 34.6 Å². The van der Waals surface area contributed by atoms with Crippen LogP contribution in [0.3, 0.4) is 0 Å². The lowest BCUT2D eigenvalue weighted by Gasteiger charge is -2.29. The van der Waals surface area contributed by atoms with Crippen molar-refractivity contribution in [1.82, 2.24) is 19.9 Å². The minimum absolute atomic E-state index is 0.000561. The van der Waals surface area contributed by atoms with Gasteiger partial charge >= 0.3 is 0 Å². The number of aryl methyl sites for hydroxylation is 3. The molecule has 1 amide bonds. The SMILES string of the molecule is COCC(=O)Nc1ccc(N2C(=S)N[C@@H](c3ccccn3)[C@H]2c2cc(C)n(-c3cc(C)ccn3)c2C)cc1C. The van der Waals surface area contributed by atoms with E-state index in [2.05, 4.69) is 63.0 Å². The number of ether oxygens (including phenoxy) is 1. The van der Waals surface area contributed by atoms with Crippen molar-refractivity contribution in [3.8, 4) is 5.82 Å². The summed E-state index contributed by atoms with van der Waals surface area (Å²) in [6, 6.07) is 17.9. The molecule has 0 bridgehead atoms. The number of pyridine rings is 2. The number of benzene rings is 1. The standard InChI is InChI=1S/C30H32N6O2S/c1-18-11-13-32-26(14-18)35-20(3)16-23(21(35)4)29-28(25-8-6-7-12-31-25)34-30(39)36(29)22-9-10-24(19(2)15-22)33-27(37)17-38-5/h6-16,28-29H,17H2,1-5H3,(H,33,37)(H,34,39)/t28-,29+/m0/s1. The van der Waals surface area contributed by atoms with Gasteiger partial charge in [0.1, 0.15) is 12.4 Å². The van der Waals surface area contributed by atoms with Gasteiger partial charge < -0.3 is 24.8 Å². The molecule has 4 heterocycles. The van der Waals surface area contributed by atoms with Crippen LogP contribution in [-0.2, 0) is 9.53 Å². The Morgan fingerprint density at radius 2 is 1.87 bits per heavy atom. The molecule has 2 N–H and O–H groups in total. The van der Waals surface area contributed by atoms with Gasteiger partial charge in [-0.1, -0.05) is 6.07 Å². The van der Waals surface area contributed by atoms with Gasteiger partial charge in [-0.3, -0.25) is 9.78 Å². The lowest BCUT2D eigenvalue weighted by atomic mass is 9.96. The zero-order chi connectivity index (χ0) is 27.7. The van der Waals surface area contributed by atoms with Crippen LogP contribution >= 0.6 is 12.2 Å². The van der Waals surface area contributed by atoms with E-state index >= 15 is 0 Å². The van der Waals surface area contributed by atoms with Crippen molar-refractivity contribution in [1.29, 1.82) is 0 Å². The highest BCUT2D eigenvalue weighted by Gasteiger charge is 2.42. The van der Waals surface area contributed by atoms with E-state index in [0.717, 1.165) is 51.0 Å². The summed E-state index contributed by atoms with van der Waals surface area (Å²) in [6.45, 7) is 8.27. The molecule has 1 aliphatic heterocycles. The van der Waals surface area contributed by atoms with Gasteiger partial charge in [-0.15, -0.1) is 0 Å². The third kappa shape index (κ3) is 5.15. The van der Waals surface area contributed by atoms with E-state index in [9.17, 15) is 4.79 Å². The monoisotopic (exact) mass is 540 g/mol. The third-order valence-corrected chi connectivity index (χ3v) is 7.37. The number of amides is 1. The largest absolute Gasteiger partial charge is 0.375 e. The number of carbonyl (C=O) groups excluding carboxylic acids is 1. The molecule has 2 atom stereocenters. The van der Waals surface area contributed by atoms with E-state index in [-0.39, 0.29) is 24.6 Å². The number of thiocarbonyl (C=S) groups is 1. The zero-order valence-corrected chi connectivity index (χ0v) is 23.5. The molecule has 1 saturated heterocycles. The Morgan fingerprint density at radius 1 is 1.05 bits per heavy atom. The molecule has 5 rings (SSSR count). The van der Waals surface area contributed by atoms with Gasteiger partial charge in [0.2, 0.25) is 5.91 Å². The predicted octanol–water partition coefficient (Wildman–Crippen LogP) is 5.26. The summed E-state index contributed by atoms with van der Waals surface area (Å²) in [4.78, 5) is 23.6. The summed E-state index contributed by atoms with van der Waals surface area (Å²) < 4.78 is 7.15. The minimum atomic E-state index is -0.197. The van der Waals surface area contributed by atoms with Crippen molar-refractivity contribution in [2.24, 2.45) is 0 Å². The summed E-state index contributed by atoms with van der Waals surface area (Å²) in [7, 11) is 1.50. The second-order valence-electron chi connectivity index (χ2n) is 9.83. The first-order valence-electron chi connectivity index (χ1n) is 12.8. The molecule has 1 aromatic carbocycles. The molecule has 39 heavy (non-hydrogen) atoms. The Hall–Kier alpha value is -4.08. The molecular weight excluding hydrogens is 508 g/mol. The molecule has 9 heteroatoms. The second-order valence-corrected chi connectivity index (χ2v) is 10.2. The number of nitrogens with zero attached hydrogens (tertiary/aromatic N) is 4. The molecular formula is C30H32N6O2S. The molecule has 0 saturated carbocycles. The van der Waals surface area contributed by atoms with Crippen molar-refractivity contribution in [2.75, 3.05) is 23.9 Å². The molecule has 0 radical (unpaired) electrons. The molecule has 200 valence electrons. The van der Waals surface area contributed by atoms with Crippen LogP contribution in [-0.4, -0.2) is 39.3 Å². The maximum atomic E-state index is 12.1. The van der Waals surface area contributed by atoms with Crippen LogP contribution in [0.1, 0.15) is 45.9 Å². The molecule has 0 spiro atoms. The van der Waals surface area contributed by atoms with E-state index in [0.29, 0.717) is 5.11 Å². The summed E-state index contributed by atoms with van der Waals surface area (Å²) in [5, 5.41) is 7.06. The van der Waals surface area contributed by atoms with Crippen LogP contribution in [0.15, 0.2) is 67.0 Å². The van der Waals surface area contributed by atoms with E-state index in [1.54, 1.807) is 6.20 Å². The number of nitrogens with one attached hydrogen (secondary N) is 2. The van der Waals surface area contributed by atoms with Gasteiger partial charge in [0, 0.05) is 42.3 Å². The Labute approximate surface area is 234 Å². The van der Waals surface area contributed by atoms with Gasteiger partial charge in [0.05, 0.1) is 17.8 Å². The minimum Gasteiger partial charge on any atom is -0.375 e. The Morgan fingerprint density at radius 3 is 2.56 bits per heavy atom. The fourth-order valence-electron chi connectivity index (χ4n) is 5.29. The van der Waals surface area contributed by atoms with Gasteiger partial charge in [0.15, 0.2) is 5.11 Å². The average Bonchev–Trinajstić information content (AvgIpc) is 3.40. The number of methoxy groups -OCH3 is 1. The molecule has 4 aromatic rings. The van der Waals surface area contributed by atoms with E-state index in [4.69, 9.17) is 17.0 Å². The number of anilines is 2. The maximum absolute atomic E-state index is 12.1. The fourth-order valence-corrected chi connectivity index (χ4v) is 5.63. The normalized spacial score (nSPS) is 16.8. The smallest absolute Gasteiger partial charge is 0.250 e. The molecule has 0 unspecified atom stereocenters. The number of hydrogen-bond acceptors (Lipinski definition) is 5. The van der Waals surface area contributed by atoms with Crippen LogP contribution in [0.2, 0.25) is 0 Å².